The average molecular weight is 311 g/mol. The van der Waals surface area contributed by atoms with Crippen molar-refractivity contribution < 1.29 is 4.43 Å². The molecule has 0 aromatic heterocycles. The highest BCUT2D eigenvalue weighted by atomic mass is 28.4. The van der Waals surface area contributed by atoms with E-state index in [1.54, 1.807) is 0 Å². The Morgan fingerprint density at radius 1 is 1.00 bits per heavy atom. The first-order valence-electron chi connectivity index (χ1n) is 7.90. The summed E-state index contributed by atoms with van der Waals surface area (Å²) < 4.78 is 6.75. The van der Waals surface area contributed by atoms with E-state index >= 15 is 0 Å². The van der Waals surface area contributed by atoms with Gasteiger partial charge in [0, 0.05) is 5.60 Å². The van der Waals surface area contributed by atoms with Gasteiger partial charge in [-0.25, -0.2) is 0 Å². The molecule has 0 aliphatic heterocycles. The van der Waals surface area contributed by atoms with E-state index in [9.17, 15) is 0 Å². The van der Waals surface area contributed by atoms with Gasteiger partial charge in [-0.15, -0.1) is 0 Å². The Morgan fingerprint density at radius 2 is 1.64 bits per heavy atom. The molecule has 2 heteroatoms. The normalized spacial score (nSPS) is 14.4. The van der Waals surface area contributed by atoms with Crippen molar-refractivity contribution in [1.29, 1.82) is 0 Å². The van der Waals surface area contributed by atoms with E-state index < -0.39 is 8.32 Å². The van der Waals surface area contributed by atoms with Crippen LogP contribution in [-0.2, 0) is 4.43 Å². The molecular weight excluding hydrogens is 284 g/mol. The molecular formula is C20H26OSi. The zero-order chi connectivity index (χ0) is 16.2. The highest BCUT2D eigenvalue weighted by molar-refractivity contribution is 6.97. The predicted molar refractivity (Wildman–Crippen MR) is 99.3 cm³/mol. The Morgan fingerprint density at radius 3 is 2.18 bits per heavy atom. The highest BCUT2D eigenvalue weighted by Gasteiger charge is 2.41. The van der Waals surface area contributed by atoms with Crippen molar-refractivity contribution >= 4 is 24.8 Å². The summed E-state index contributed by atoms with van der Waals surface area (Å²) in [7, 11) is -2.25. The molecule has 1 atom stereocenters. The smallest absolute Gasteiger partial charge is 0.256 e. The van der Waals surface area contributed by atoms with Gasteiger partial charge in [0.05, 0.1) is 0 Å². The summed E-state index contributed by atoms with van der Waals surface area (Å²) in [5.41, 5.74) is 0.971. The Kier molecular flexibility index (Phi) is 5.04. The van der Waals surface area contributed by atoms with Gasteiger partial charge in [0.2, 0.25) is 0 Å². The van der Waals surface area contributed by atoms with Crippen LogP contribution in [-0.4, -0.2) is 13.9 Å². The molecule has 22 heavy (non-hydrogen) atoms. The summed E-state index contributed by atoms with van der Waals surface area (Å²) >= 11 is 0. The standard InChI is InChI=1S/C20H26OSi/c1-6-17-12-11-15-19(16-17)22(7-2,21-20(3,4)5)18-13-9-8-10-14-18/h6,8-16H,1,7H2,2-5H3. The van der Waals surface area contributed by atoms with Gasteiger partial charge in [-0.2, -0.15) is 0 Å². The van der Waals surface area contributed by atoms with E-state index in [1.165, 1.54) is 10.4 Å². The Balaban J connectivity index is 2.65. The molecule has 0 saturated heterocycles. The third-order valence-electron chi connectivity index (χ3n) is 3.81. The number of benzene rings is 2. The van der Waals surface area contributed by atoms with Crippen LogP contribution < -0.4 is 10.4 Å². The summed E-state index contributed by atoms with van der Waals surface area (Å²) in [6.45, 7) is 12.6. The van der Waals surface area contributed by atoms with Crippen LogP contribution in [0.5, 0.6) is 0 Å². The molecule has 0 aliphatic carbocycles. The summed E-state index contributed by atoms with van der Waals surface area (Å²) in [4.78, 5) is 0. The molecule has 116 valence electrons. The van der Waals surface area contributed by atoms with E-state index in [-0.39, 0.29) is 5.60 Å². The van der Waals surface area contributed by atoms with Crippen LogP contribution in [0.4, 0.5) is 0 Å². The van der Waals surface area contributed by atoms with Crippen LogP contribution in [0.3, 0.4) is 0 Å². The van der Waals surface area contributed by atoms with Crippen LogP contribution in [0.25, 0.3) is 6.08 Å². The quantitative estimate of drug-likeness (QED) is 0.751. The van der Waals surface area contributed by atoms with Gasteiger partial charge in [0.25, 0.3) is 8.32 Å². The molecule has 0 bridgehead atoms. The third-order valence-corrected chi connectivity index (χ3v) is 8.27. The first kappa shape index (κ1) is 16.7. The molecule has 1 unspecified atom stereocenters. The average Bonchev–Trinajstić information content (AvgIpc) is 2.52. The van der Waals surface area contributed by atoms with Crippen LogP contribution in [0, 0.1) is 0 Å². The predicted octanol–water partition coefficient (Wildman–Crippen LogP) is 4.22. The fraction of sp³-hybridized carbons (Fsp3) is 0.300. The van der Waals surface area contributed by atoms with Gasteiger partial charge < -0.3 is 4.43 Å². The SMILES string of the molecule is C=Cc1cccc([Si](CC)(OC(C)(C)C)c2ccccc2)c1. The number of hydrogen-bond donors (Lipinski definition) is 0. The summed E-state index contributed by atoms with van der Waals surface area (Å²) in [5, 5.41) is 2.64. The lowest BCUT2D eigenvalue weighted by atomic mass is 10.2. The second kappa shape index (κ2) is 6.63. The topological polar surface area (TPSA) is 9.23 Å². The lowest BCUT2D eigenvalue weighted by Gasteiger charge is -2.38. The van der Waals surface area contributed by atoms with Crippen molar-refractivity contribution in [3.05, 3.63) is 66.7 Å². The van der Waals surface area contributed by atoms with E-state index in [0.29, 0.717) is 0 Å². The van der Waals surface area contributed by atoms with E-state index in [1.807, 2.05) is 6.08 Å². The molecule has 2 rings (SSSR count). The molecule has 0 amide bonds. The second-order valence-electron chi connectivity index (χ2n) is 6.59. The first-order valence-corrected chi connectivity index (χ1v) is 10.0. The molecule has 0 radical (unpaired) electrons. The zero-order valence-electron chi connectivity index (χ0n) is 14.1. The van der Waals surface area contributed by atoms with Gasteiger partial charge in [0.15, 0.2) is 0 Å². The third kappa shape index (κ3) is 3.57. The van der Waals surface area contributed by atoms with Gasteiger partial charge >= 0.3 is 0 Å². The maximum Gasteiger partial charge on any atom is 0.256 e. The highest BCUT2D eigenvalue weighted by Crippen LogP contribution is 2.21. The van der Waals surface area contributed by atoms with Crippen molar-refractivity contribution in [3.8, 4) is 0 Å². The minimum atomic E-state index is -2.25. The summed E-state index contributed by atoms with van der Waals surface area (Å²) in [5.74, 6) is 0. The lowest BCUT2D eigenvalue weighted by molar-refractivity contribution is 0.125. The zero-order valence-corrected chi connectivity index (χ0v) is 15.1. The molecule has 0 aliphatic rings. The van der Waals surface area contributed by atoms with E-state index in [0.717, 1.165) is 11.6 Å². The van der Waals surface area contributed by atoms with Crippen LogP contribution >= 0.6 is 0 Å². The number of hydrogen-bond acceptors (Lipinski definition) is 1. The van der Waals surface area contributed by atoms with Gasteiger partial charge in [-0.1, -0.05) is 74.2 Å². The van der Waals surface area contributed by atoms with E-state index in [4.69, 9.17) is 4.43 Å². The summed E-state index contributed by atoms with van der Waals surface area (Å²) in [6.07, 6.45) is 1.90. The minimum Gasteiger partial charge on any atom is -0.403 e. The van der Waals surface area contributed by atoms with Crippen molar-refractivity contribution in [2.75, 3.05) is 0 Å². The largest absolute Gasteiger partial charge is 0.403 e. The minimum absolute atomic E-state index is 0.178. The number of rotatable bonds is 5. The monoisotopic (exact) mass is 310 g/mol. The van der Waals surface area contributed by atoms with E-state index in [2.05, 4.69) is 88.9 Å². The fourth-order valence-electron chi connectivity index (χ4n) is 2.91. The maximum absolute atomic E-state index is 6.75. The van der Waals surface area contributed by atoms with Gasteiger partial charge in [-0.05, 0) is 42.8 Å². The molecule has 0 spiro atoms. The fourth-order valence-corrected chi connectivity index (χ4v) is 6.98. The summed E-state index contributed by atoms with van der Waals surface area (Å²) in [6, 6.07) is 20.4. The molecule has 2 aromatic rings. The van der Waals surface area contributed by atoms with Crippen molar-refractivity contribution in [1.82, 2.24) is 0 Å². The van der Waals surface area contributed by atoms with Crippen LogP contribution in [0.1, 0.15) is 33.3 Å². The molecule has 0 saturated carbocycles. The Bertz CT molecular complexity index is 628. The lowest BCUT2D eigenvalue weighted by Crippen LogP contribution is -2.63. The molecule has 2 aromatic carbocycles. The maximum atomic E-state index is 6.75. The first-order chi connectivity index (χ1) is 10.4. The van der Waals surface area contributed by atoms with Crippen molar-refractivity contribution in [2.24, 2.45) is 0 Å². The van der Waals surface area contributed by atoms with Crippen LogP contribution in [0.2, 0.25) is 6.04 Å². The molecule has 1 nitrogen and oxygen atoms in total. The molecule has 0 N–H and O–H groups in total. The van der Waals surface area contributed by atoms with Crippen molar-refractivity contribution in [2.45, 2.75) is 39.3 Å². The second-order valence-corrected chi connectivity index (χ2v) is 10.3. The Hall–Kier alpha value is -1.64. The Labute approximate surface area is 135 Å². The molecule has 0 fully saturated rings. The molecule has 0 heterocycles. The van der Waals surface area contributed by atoms with Gasteiger partial charge in [-0.3, -0.25) is 0 Å². The van der Waals surface area contributed by atoms with Crippen LogP contribution in [0.15, 0.2) is 61.2 Å². The van der Waals surface area contributed by atoms with Crippen molar-refractivity contribution in [3.63, 3.8) is 0 Å². The van der Waals surface area contributed by atoms with Gasteiger partial charge in [0.1, 0.15) is 0 Å².